The molecule has 1 atom stereocenters. The number of methoxy groups -OCH3 is 1. The van der Waals surface area contributed by atoms with Gasteiger partial charge in [-0.2, -0.15) is 0 Å². The Morgan fingerprint density at radius 2 is 2.14 bits per heavy atom. The van der Waals surface area contributed by atoms with Gasteiger partial charge in [0.15, 0.2) is 0 Å². The lowest BCUT2D eigenvalue weighted by Crippen LogP contribution is -2.40. The van der Waals surface area contributed by atoms with Crippen LogP contribution in [-0.4, -0.2) is 61.6 Å². The fourth-order valence-electron chi connectivity index (χ4n) is 2.18. The first-order chi connectivity index (χ1) is 10.3. The first-order valence-corrected chi connectivity index (χ1v) is 7.24. The summed E-state index contributed by atoms with van der Waals surface area (Å²) in [5, 5.41) is 0. The number of esters is 1. The summed E-state index contributed by atoms with van der Waals surface area (Å²) in [7, 11) is 1.35. The summed E-state index contributed by atoms with van der Waals surface area (Å²) in [4.78, 5) is 29.7. The average Bonchev–Trinajstić information content (AvgIpc) is 2.66. The van der Waals surface area contributed by atoms with Crippen molar-refractivity contribution in [2.75, 3.05) is 33.4 Å². The topological polar surface area (TPSA) is 77.4 Å². The predicted octanol–water partition coefficient (Wildman–Crippen LogP) is 1.38. The molecule has 0 spiro atoms. The summed E-state index contributed by atoms with van der Waals surface area (Å²) in [6.07, 6.45) is 1.32. The Hall–Kier alpha value is -2.05. The summed E-state index contributed by atoms with van der Waals surface area (Å²) in [5.74, 6) is -0.225. The molecule has 1 amide bonds. The van der Waals surface area contributed by atoms with Gasteiger partial charge in [-0.15, -0.1) is 0 Å². The molecular formula is C15H22N2O5. The van der Waals surface area contributed by atoms with E-state index in [9.17, 15) is 9.59 Å². The first kappa shape index (κ1) is 16.3. The van der Waals surface area contributed by atoms with Gasteiger partial charge in [-0.3, -0.25) is 14.7 Å². The van der Waals surface area contributed by atoms with Crippen LogP contribution in [0.4, 0.5) is 4.79 Å². The van der Waals surface area contributed by atoms with E-state index in [1.165, 1.54) is 7.11 Å². The zero-order valence-corrected chi connectivity index (χ0v) is 13.4. The highest BCUT2D eigenvalue weighted by Gasteiger charge is 2.30. The standard InChI is InChI=1S/C15H22N2O5/c1-15(2,3)22-14(19)17-5-6-21-12-7-10(13(18)20-4)8-16-11(12)9-17/h7,10H,5-6,8-9H2,1-4H3. The zero-order valence-electron chi connectivity index (χ0n) is 13.4. The largest absolute Gasteiger partial charge is 0.490 e. The van der Waals surface area contributed by atoms with Gasteiger partial charge in [-0.1, -0.05) is 0 Å². The molecular weight excluding hydrogens is 288 g/mol. The molecule has 1 unspecified atom stereocenters. The number of hydrogen-bond acceptors (Lipinski definition) is 6. The van der Waals surface area contributed by atoms with E-state index in [0.717, 1.165) is 0 Å². The Kier molecular flexibility index (Phi) is 4.73. The molecule has 0 radical (unpaired) electrons. The van der Waals surface area contributed by atoms with E-state index >= 15 is 0 Å². The third kappa shape index (κ3) is 3.99. The molecule has 0 aromatic carbocycles. The lowest BCUT2D eigenvalue weighted by atomic mass is 10.0. The molecule has 2 aliphatic heterocycles. The molecule has 0 aromatic heterocycles. The number of nitrogens with zero attached hydrogens (tertiary/aromatic N) is 2. The second-order valence-corrected chi connectivity index (χ2v) is 6.20. The maximum atomic E-state index is 12.2. The fourth-order valence-corrected chi connectivity index (χ4v) is 2.18. The lowest BCUT2D eigenvalue weighted by molar-refractivity contribution is -0.143. The number of dihydropyridines is 1. The maximum Gasteiger partial charge on any atom is 0.410 e. The Morgan fingerprint density at radius 1 is 1.41 bits per heavy atom. The normalized spacial score (nSPS) is 21.6. The van der Waals surface area contributed by atoms with Gasteiger partial charge < -0.3 is 14.2 Å². The van der Waals surface area contributed by atoms with Crippen LogP contribution in [0.5, 0.6) is 0 Å². The Labute approximate surface area is 129 Å². The van der Waals surface area contributed by atoms with E-state index in [1.807, 2.05) is 20.8 Å². The average molecular weight is 310 g/mol. The molecule has 1 saturated heterocycles. The molecule has 2 rings (SSSR count). The highest BCUT2D eigenvalue weighted by molar-refractivity contribution is 6.02. The number of carbonyl (C=O) groups excluding carboxylic acids is 2. The quantitative estimate of drug-likeness (QED) is 0.684. The van der Waals surface area contributed by atoms with Gasteiger partial charge in [-0.05, 0) is 26.8 Å². The van der Waals surface area contributed by atoms with Crippen LogP contribution in [0.15, 0.2) is 16.8 Å². The molecule has 122 valence electrons. The van der Waals surface area contributed by atoms with Crippen LogP contribution < -0.4 is 0 Å². The third-order valence-corrected chi connectivity index (χ3v) is 3.23. The Balaban J connectivity index is 2.07. The summed E-state index contributed by atoms with van der Waals surface area (Å²) >= 11 is 0. The van der Waals surface area contributed by atoms with Crippen LogP contribution in [0.3, 0.4) is 0 Å². The highest BCUT2D eigenvalue weighted by Crippen LogP contribution is 2.20. The summed E-state index contributed by atoms with van der Waals surface area (Å²) in [6, 6.07) is 0. The van der Waals surface area contributed by atoms with Crippen molar-refractivity contribution in [1.29, 1.82) is 0 Å². The van der Waals surface area contributed by atoms with Gasteiger partial charge >= 0.3 is 12.1 Å². The van der Waals surface area contributed by atoms with Crippen molar-refractivity contribution in [2.24, 2.45) is 10.9 Å². The van der Waals surface area contributed by atoms with Crippen molar-refractivity contribution < 1.29 is 23.8 Å². The molecule has 0 aliphatic carbocycles. The SMILES string of the molecule is COC(=O)C1C=C2OCCN(C(=O)OC(C)(C)C)CC2=NC1. The van der Waals surface area contributed by atoms with Crippen LogP contribution in [0.1, 0.15) is 20.8 Å². The number of aliphatic imine (C=N–C) groups is 1. The molecule has 0 aromatic rings. The van der Waals surface area contributed by atoms with Gasteiger partial charge in [0.1, 0.15) is 18.0 Å². The van der Waals surface area contributed by atoms with Gasteiger partial charge in [0.25, 0.3) is 0 Å². The predicted molar refractivity (Wildman–Crippen MR) is 79.7 cm³/mol. The second-order valence-electron chi connectivity index (χ2n) is 6.20. The van der Waals surface area contributed by atoms with Crippen LogP contribution in [0.2, 0.25) is 0 Å². The van der Waals surface area contributed by atoms with E-state index in [4.69, 9.17) is 14.2 Å². The third-order valence-electron chi connectivity index (χ3n) is 3.23. The van der Waals surface area contributed by atoms with E-state index in [-0.39, 0.29) is 5.97 Å². The van der Waals surface area contributed by atoms with Gasteiger partial charge in [0.05, 0.1) is 38.4 Å². The van der Waals surface area contributed by atoms with Crippen molar-refractivity contribution in [1.82, 2.24) is 4.90 Å². The molecule has 22 heavy (non-hydrogen) atoms. The minimum absolute atomic E-state index is 0.303. The number of amides is 1. The smallest absolute Gasteiger partial charge is 0.410 e. The lowest BCUT2D eigenvalue weighted by Gasteiger charge is -2.26. The van der Waals surface area contributed by atoms with Gasteiger partial charge in [0.2, 0.25) is 0 Å². The van der Waals surface area contributed by atoms with Gasteiger partial charge in [-0.25, -0.2) is 4.79 Å². The monoisotopic (exact) mass is 310 g/mol. The number of rotatable bonds is 1. The summed E-state index contributed by atoms with van der Waals surface area (Å²) in [6.45, 7) is 6.83. The molecule has 0 bridgehead atoms. The number of hydrogen-bond donors (Lipinski definition) is 0. The van der Waals surface area contributed by atoms with Crippen LogP contribution in [0, 0.1) is 5.92 Å². The Bertz CT molecular complexity index is 519. The second kappa shape index (κ2) is 6.37. The minimum atomic E-state index is -0.548. The number of ether oxygens (including phenoxy) is 3. The van der Waals surface area contributed by atoms with Crippen molar-refractivity contribution in [3.05, 3.63) is 11.8 Å². The molecule has 1 fully saturated rings. The summed E-state index contributed by atoms with van der Waals surface area (Å²) < 4.78 is 15.7. The maximum absolute atomic E-state index is 12.2. The van der Waals surface area contributed by atoms with Gasteiger partial charge in [0, 0.05) is 0 Å². The van der Waals surface area contributed by atoms with Crippen molar-refractivity contribution >= 4 is 17.8 Å². The highest BCUT2D eigenvalue weighted by atomic mass is 16.6. The zero-order chi connectivity index (χ0) is 16.3. The molecule has 0 saturated carbocycles. The van der Waals surface area contributed by atoms with Crippen molar-refractivity contribution in [2.45, 2.75) is 26.4 Å². The number of carbonyl (C=O) groups is 2. The van der Waals surface area contributed by atoms with Crippen molar-refractivity contribution in [3.63, 3.8) is 0 Å². The molecule has 2 heterocycles. The number of fused-ring (bicyclic) bond motifs is 1. The Morgan fingerprint density at radius 3 is 2.77 bits per heavy atom. The van der Waals surface area contributed by atoms with Crippen LogP contribution >= 0.6 is 0 Å². The van der Waals surface area contributed by atoms with E-state index < -0.39 is 17.6 Å². The van der Waals surface area contributed by atoms with E-state index in [0.29, 0.717) is 37.7 Å². The molecule has 2 aliphatic rings. The molecule has 0 N–H and O–H groups in total. The van der Waals surface area contributed by atoms with Crippen LogP contribution in [-0.2, 0) is 19.0 Å². The minimum Gasteiger partial charge on any atom is -0.490 e. The van der Waals surface area contributed by atoms with E-state index in [1.54, 1.807) is 11.0 Å². The molecule has 7 nitrogen and oxygen atoms in total. The molecule has 7 heteroatoms. The fraction of sp³-hybridized carbons (Fsp3) is 0.667. The van der Waals surface area contributed by atoms with Crippen LogP contribution in [0.25, 0.3) is 0 Å². The first-order valence-electron chi connectivity index (χ1n) is 7.24. The summed E-state index contributed by atoms with van der Waals surface area (Å²) in [5.41, 5.74) is 0.108. The van der Waals surface area contributed by atoms with Crippen molar-refractivity contribution in [3.8, 4) is 0 Å². The van der Waals surface area contributed by atoms with E-state index in [2.05, 4.69) is 4.99 Å².